The van der Waals surface area contributed by atoms with E-state index in [4.69, 9.17) is 9.47 Å². The first-order chi connectivity index (χ1) is 11.2. The lowest BCUT2D eigenvalue weighted by molar-refractivity contribution is -0.116. The summed E-state index contributed by atoms with van der Waals surface area (Å²) in [5.41, 5.74) is 0.953. The number of methoxy groups -OCH3 is 2. The van der Waals surface area contributed by atoms with Gasteiger partial charge in [-0.2, -0.15) is 0 Å². The van der Waals surface area contributed by atoms with Gasteiger partial charge in [0.15, 0.2) is 11.5 Å². The van der Waals surface area contributed by atoms with Crippen molar-refractivity contribution in [3.8, 4) is 11.5 Å². The van der Waals surface area contributed by atoms with Gasteiger partial charge in [0.1, 0.15) is 5.01 Å². The molecular formula is C16H19N3O3S. The Bertz CT molecular complexity index is 698. The number of benzene rings is 1. The number of anilines is 1. The van der Waals surface area contributed by atoms with Gasteiger partial charge in [0.05, 0.1) is 14.2 Å². The minimum atomic E-state index is -0.0425. The summed E-state index contributed by atoms with van der Waals surface area (Å²) in [5.74, 6) is 1.31. The van der Waals surface area contributed by atoms with Gasteiger partial charge in [0, 0.05) is 6.42 Å². The van der Waals surface area contributed by atoms with Crippen LogP contribution in [0, 0.1) is 0 Å². The molecule has 0 bridgehead atoms. The Labute approximate surface area is 139 Å². The molecule has 0 fully saturated rings. The van der Waals surface area contributed by atoms with Crippen LogP contribution in [0.25, 0.3) is 12.2 Å². The Balaban J connectivity index is 2.06. The summed E-state index contributed by atoms with van der Waals surface area (Å²) in [7, 11) is 3.20. The molecule has 0 saturated carbocycles. The molecule has 0 saturated heterocycles. The average Bonchev–Trinajstić information content (AvgIpc) is 3.00. The number of carbonyl (C=O) groups excluding carboxylic acids is 1. The van der Waals surface area contributed by atoms with Gasteiger partial charge < -0.3 is 14.8 Å². The molecule has 1 aromatic heterocycles. The van der Waals surface area contributed by atoms with Crippen LogP contribution in [0.2, 0.25) is 0 Å². The van der Waals surface area contributed by atoms with Crippen LogP contribution >= 0.6 is 11.3 Å². The molecule has 7 heteroatoms. The fraction of sp³-hybridized carbons (Fsp3) is 0.312. The van der Waals surface area contributed by atoms with Crippen LogP contribution in [-0.2, 0) is 4.79 Å². The van der Waals surface area contributed by atoms with Crippen LogP contribution in [0.15, 0.2) is 18.2 Å². The van der Waals surface area contributed by atoms with Crippen molar-refractivity contribution in [1.82, 2.24) is 10.2 Å². The fourth-order valence-electron chi connectivity index (χ4n) is 1.89. The quantitative estimate of drug-likeness (QED) is 0.840. The number of nitrogens with zero attached hydrogens (tertiary/aromatic N) is 2. The lowest BCUT2D eigenvalue weighted by Gasteiger charge is -2.07. The van der Waals surface area contributed by atoms with Gasteiger partial charge in [-0.3, -0.25) is 4.79 Å². The highest BCUT2D eigenvalue weighted by Gasteiger charge is 2.06. The van der Waals surface area contributed by atoms with E-state index in [1.54, 1.807) is 14.2 Å². The predicted octanol–water partition coefficient (Wildman–Crippen LogP) is 3.46. The standard InChI is InChI=1S/C16H19N3O3S/c1-4-5-14(20)17-16-19-18-15(23-16)9-7-11-6-8-12(21-2)13(10-11)22-3/h6-10H,4-5H2,1-3H3,(H,17,19,20). The molecule has 0 aliphatic heterocycles. The van der Waals surface area contributed by atoms with E-state index in [1.165, 1.54) is 11.3 Å². The van der Waals surface area contributed by atoms with Gasteiger partial charge in [0.2, 0.25) is 11.0 Å². The Hall–Kier alpha value is -2.41. The number of hydrogen-bond acceptors (Lipinski definition) is 6. The summed E-state index contributed by atoms with van der Waals surface area (Å²) in [6.45, 7) is 1.96. The third-order valence-corrected chi connectivity index (χ3v) is 3.79. The van der Waals surface area contributed by atoms with Crippen molar-refractivity contribution in [3.05, 3.63) is 28.8 Å². The van der Waals surface area contributed by atoms with E-state index in [0.29, 0.717) is 28.1 Å². The molecule has 0 unspecified atom stereocenters. The van der Waals surface area contributed by atoms with Crippen LogP contribution in [-0.4, -0.2) is 30.3 Å². The van der Waals surface area contributed by atoms with Crippen LogP contribution in [0.3, 0.4) is 0 Å². The molecule has 1 amide bonds. The maximum Gasteiger partial charge on any atom is 0.226 e. The topological polar surface area (TPSA) is 73.3 Å². The van der Waals surface area contributed by atoms with E-state index in [-0.39, 0.29) is 5.91 Å². The van der Waals surface area contributed by atoms with Crippen molar-refractivity contribution < 1.29 is 14.3 Å². The highest BCUT2D eigenvalue weighted by atomic mass is 32.1. The zero-order valence-electron chi connectivity index (χ0n) is 13.3. The molecule has 2 aromatic rings. The molecule has 0 radical (unpaired) electrons. The normalized spacial score (nSPS) is 10.7. The maximum atomic E-state index is 11.5. The minimum Gasteiger partial charge on any atom is -0.493 e. The lowest BCUT2D eigenvalue weighted by Crippen LogP contribution is -2.10. The molecule has 0 atom stereocenters. The monoisotopic (exact) mass is 333 g/mol. The van der Waals surface area contributed by atoms with Crippen molar-refractivity contribution >= 4 is 34.5 Å². The maximum absolute atomic E-state index is 11.5. The summed E-state index contributed by atoms with van der Waals surface area (Å²) >= 11 is 1.33. The highest BCUT2D eigenvalue weighted by Crippen LogP contribution is 2.28. The van der Waals surface area contributed by atoms with Crippen molar-refractivity contribution in [3.63, 3.8) is 0 Å². The molecule has 23 heavy (non-hydrogen) atoms. The van der Waals surface area contributed by atoms with Crippen LogP contribution in [0.4, 0.5) is 5.13 Å². The molecule has 0 aliphatic carbocycles. The van der Waals surface area contributed by atoms with Crippen LogP contribution in [0.1, 0.15) is 30.3 Å². The number of carbonyl (C=O) groups is 1. The fourth-order valence-corrected chi connectivity index (χ4v) is 2.55. The van der Waals surface area contributed by atoms with Gasteiger partial charge in [-0.05, 0) is 30.2 Å². The summed E-state index contributed by atoms with van der Waals surface area (Å²) in [6, 6.07) is 5.64. The Morgan fingerprint density at radius 3 is 2.70 bits per heavy atom. The van der Waals surface area contributed by atoms with Gasteiger partial charge in [0.25, 0.3) is 0 Å². The summed E-state index contributed by atoms with van der Waals surface area (Å²) in [4.78, 5) is 11.5. The second kappa shape index (κ2) is 8.28. The molecule has 122 valence electrons. The average molecular weight is 333 g/mol. The first-order valence-electron chi connectivity index (χ1n) is 7.19. The molecule has 1 aromatic carbocycles. The third-order valence-electron chi connectivity index (χ3n) is 2.99. The summed E-state index contributed by atoms with van der Waals surface area (Å²) in [6.07, 6.45) is 5.03. The van der Waals surface area contributed by atoms with Crippen molar-refractivity contribution in [1.29, 1.82) is 0 Å². The minimum absolute atomic E-state index is 0.0425. The third kappa shape index (κ3) is 4.79. The van der Waals surface area contributed by atoms with Gasteiger partial charge in [-0.15, -0.1) is 10.2 Å². The molecule has 6 nitrogen and oxygen atoms in total. The number of amides is 1. The van der Waals surface area contributed by atoms with E-state index < -0.39 is 0 Å². The molecule has 0 aliphatic rings. The van der Waals surface area contributed by atoms with Gasteiger partial charge in [-0.25, -0.2) is 0 Å². The Kier molecular flexibility index (Phi) is 6.10. The smallest absolute Gasteiger partial charge is 0.226 e. The Morgan fingerprint density at radius 1 is 1.22 bits per heavy atom. The van der Waals surface area contributed by atoms with E-state index in [0.717, 1.165) is 12.0 Å². The number of nitrogens with one attached hydrogen (secondary N) is 1. The van der Waals surface area contributed by atoms with Gasteiger partial charge >= 0.3 is 0 Å². The zero-order chi connectivity index (χ0) is 16.7. The number of rotatable bonds is 7. The van der Waals surface area contributed by atoms with E-state index in [1.807, 2.05) is 37.3 Å². The van der Waals surface area contributed by atoms with Crippen molar-refractivity contribution in [2.45, 2.75) is 19.8 Å². The molecule has 2 rings (SSSR count). The van der Waals surface area contributed by atoms with E-state index in [9.17, 15) is 4.79 Å². The molecule has 0 spiro atoms. The number of aromatic nitrogens is 2. The predicted molar refractivity (Wildman–Crippen MR) is 91.9 cm³/mol. The molecular weight excluding hydrogens is 314 g/mol. The van der Waals surface area contributed by atoms with Gasteiger partial charge in [-0.1, -0.05) is 30.4 Å². The summed E-state index contributed by atoms with van der Waals surface area (Å²) < 4.78 is 10.5. The first-order valence-corrected chi connectivity index (χ1v) is 8.01. The second-order valence-electron chi connectivity index (χ2n) is 4.69. The zero-order valence-corrected chi connectivity index (χ0v) is 14.1. The SMILES string of the molecule is CCCC(=O)Nc1nnc(C=Cc2ccc(OC)c(OC)c2)s1. The second-order valence-corrected chi connectivity index (χ2v) is 5.70. The highest BCUT2D eigenvalue weighted by molar-refractivity contribution is 7.16. The van der Waals surface area contributed by atoms with E-state index in [2.05, 4.69) is 15.5 Å². The van der Waals surface area contributed by atoms with Crippen LogP contribution < -0.4 is 14.8 Å². The van der Waals surface area contributed by atoms with E-state index >= 15 is 0 Å². The molecule has 1 heterocycles. The first kappa shape index (κ1) is 17.0. The van der Waals surface area contributed by atoms with Crippen LogP contribution in [0.5, 0.6) is 11.5 Å². The number of hydrogen-bond donors (Lipinski definition) is 1. The summed E-state index contributed by atoms with van der Waals surface area (Å²) in [5, 5.41) is 11.9. The number of ether oxygens (including phenoxy) is 2. The van der Waals surface area contributed by atoms with Crippen molar-refractivity contribution in [2.24, 2.45) is 0 Å². The lowest BCUT2D eigenvalue weighted by atomic mass is 10.2. The van der Waals surface area contributed by atoms with Crippen molar-refractivity contribution in [2.75, 3.05) is 19.5 Å². The molecule has 1 N–H and O–H groups in total. The largest absolute Gasteiger partial charge is 0.493 e. The Morgan fingerprint density at radius 2 is 2.00 bits per heavy atom.